The van der Waals surface area contributed by atoms with E-state index in [1.54, 1.807) is 79.1 Å². The van der Waals surface area contributed by atoms with Gasteiger partial charge in [0.25, 0.3) is 0 Å². The molecule has 4 rings (SSSR count). The average molecular weight is 701 g/mol. The highest BCUT2D eigenvalue weighted by molar-refractivity contribution is 5.88. The van der Waals surface area contributed by atoms with Crippen molar-refractivity contribution in [1.82, 2.24) is 19.6 Å². The van der Waals surface area contributed by atoms with E-state index >= 15 is 0 Å². The fourth-order valence-corrected chi connectivity index (χ4v) is 5.89. The van der Waals surface area contributed by atoms with Crippen LogP contribution in [0.4, 0.5) is 0 Å². The summed E-state index contributed by atoms with van der Waals surface area (Å²) in [6.45, 7) is 8.06. The van der Waals surface area contributed by atoms with Gasteiger partial charge < -0.3 is 38.2 Å². The van der Waals surface area contributed by atoms with Crippen molar-refractivity contribution in [2.24, 2.45) is 0 Å². The number of amides is 2. The molecule has 0 radical (unpaired) electrons. The summed E-state index contributed by atoms with van der Waals surface area (Å²) < 4.78 is 32.2. The van der Waals surface area contributed by atoms with Crippen LogP contribution in [-0.4, -0.2) is 140 Å². The van der Waals surface area contributed by atoms with Crippen molar-refractivity contribution in [3.8, 4) is 58.2 Å². The number of carbonyl (C=O) groups excluding carboxylic acids is 2. The number of allylic oxidation sites excluding steroid dienone is 2. The summed E-state index contributed by atoms with van der Waals surface area (Å²) in [4.78, 5) is 34.0. The van der Waals surface area contributed by atoms with E-state index in [1.807, 2.05) is 9.80 Å². The van der Waals surface area contributed by atoms with Crippen LogP contribution in [0.3, 0.4) is 0 Å². The normalized spacial score (nSPS) is 15.1. The fraction of sp³-hybridized carbons (Fsp3) is 0.436. The van der Waals surface area contributed by atoms with Crippen molar-refractivity contribution in [3.63, 3.8) is 0 Å². The molecule has 0 atom stereocenters. The Labute approximate surface area is 301 Å². The molecule has 0 unspecified atom stereocenters. The van der Waals surface area contributed by atoms with Crippen LogP contribution in [0.15, 0.2) is 48.6 Å². The van der Waals surface area contributed by atoms with Crippen molar-refractivity contribution < 1.29 is 38.0 Å². The molecule has 0 spiro atoms. The quantitative estimate of drug-likeness (QED) is 0.243. The number of benzene rings is 2. The smallest absolute Gasteiger partial charge is 0.247 e. The standard InChI is InChI=1S/C39H48N4O8/c1-46-32-26-30(27-33(47-2)38(32)50-5)12-7-9-14-36(44)42-22-18-40(19-23-42)16-11-17-41-20-24-43(25-21-41)37(45)15-10-8-13-31-28-34(48-3)39(51-6)35(29-31)49-4/h9-10,14-15,26-29H,11,16-25H2,1-6H3/b14-9+,15-10+. The maximum atomic E-state index is 12.7. The van der Waals surface area contributed by atoms with Crippen LogP contribution in [0.2, 0.25) is 0 Å². The largest absolute Gasteiger partial charge is 0.493 e. The molecule has 2 aliphatic rings. The molecule has 12 heteroatoms. The van der Waals surface area contributed by atoms with E-state index in [9.17, 15) is 9.59 Å². The van der Waals surface area contributed by atoms with Crippen LogP contribution in [0.1, 0.15) is 17.5 Å². The van der Waals surface area contributed by atoms with Gasteiger partial charge in [-0.1, -0.05) is 23.7 Å². The third kappa shape index (κ3) is 10.8. The number of nitrogens with zero attached hydrogens (tertiary/aromatic N) is 4. The molecule has 0 saturated carbocycles. The van der Waals surface area contributed by atoms with E-state index in [0.717, 1.165) is 45.7 Å². The van der Waals surface area contributed by atoms with Gasteiger partial charge in [0.1, 0.15) is 0 Å². The summed E-state index contributed by atoms with van der Waals surface area (Å²) in [5, 5.41) is 0. The lowest BCUT2D eigenvalue weighted by atomic mass is 10.2. The van der Waals surface area contributed by atoms with Gasteiger partial charge in [0, 0.05) is 75.6 Å². The molecule has 2 amide bonds. The van der Waals surface area contributed by atoms with Gasteiger partial charge in [-0.05, 0) is 55.9 Å². The summed E-state index contributed by atoms with van der Waals surface area (Å²) in [6.07, 6.45) is 7.23. The Bertz CT molecular complexity index is 1510. The SMILES string of the molecule is COc1cc(C#C/C=C/C(=O)N2CCN(CCCN3CCN(C(=O)/C=C/C#Cc4cc(OC)c(OC)c(OC)c4)CC3)CC2)cc(OC)c1OC. The fourth-order valence-electron chi connectivity index (χ4n) is 5.89. The summed E-state index contributed by atoms with van der Waals surface area (Å²) in [5.41, 5.74) is 1.38. The Hall–Kier alpha value is -5.30. The number of hydrogen-bond donors (Lipinski definition) is 0. The maximum Gasteiger partial charge on any atom is 0.247 e. The minimum atomic E-state index is -0.0401. The van der Waals surface area contributed by atoms with Gasteiger partial charge in [-0.15, -0.1) is 0 Å². The number of methoxy groups -OCH3 is 6. The summed E-state index contributed by atoms with van der Waals surface area (Å²) in [5.74, 6) is 14.9. The van der Waals surface area contributed by atoms with Gasteiger partial charge in [0.2, 0.25) is 23.3 Å². The van der Waals surface area contributed by atoms with Crippen LogP contribution < -0.4 is 28.4 Å². The molecule has 272 valence electrons. The van der Waals surface area contributed by atoms with Crippen LogP contribution in [0, 0.1) is 23.7 Å². The Morgan fingerprint density at radius 2 is 0.882 bits per heavy atom. The lowest BCUT2D eigenvalue weighted by Gasteiger charge is -2.36. The molecule has 2 aromatic carbocycles. The van der Waals surface area contributed by atoms with Crippen LogP contribution >= 0.6 is 0 Å². The van der Waals surface area contributed by atoms with E-state index in [-0.39, 0.29) is 11.8 Å². The van der Waals surface area contributed by atoms with Crippen LogP contribution in [0.25, 0.3) is 0 Å². The lowest BCUT2D eigenvalue weighted by molar-refractivity contribution is -0.128. The van der Waals surface area contributed by atoms with E-state index < -0.39 is 0 Å². The van der Waals surface area contributed by atoms with E-state index in [4.69, 9.17) is 28.4 Å². The van der Waals surface area contributed by atoms with Gasteiger partial charge in [0.05, 0.1) is 42.7 Å². The molecule has 51 heavy (non-hydrogen) atoms. The average Bonchev–Trinajstić information content (AvgIpc) is 3.17. The molecule has 0 N–H and O–H groups in total. The first kappa shape index (κ1) is 38.5. The molecule has 2 aliphatic heterocycles. The number of ether oxygens (including phenoxy) is 6. The van der Waals surface area contributed by atoms with Gasteiger partial charge in [-0.25, -0.2) is 0 Å². The van der Waals surface area contributed by atoms with Gasteiger partial charge >= 0.3 is 0 Å². The summed E-state index contributed by atoms with van der Waals surface area (Å²) in [6, 6.07) is 7.07. The number of piperazine rings is 2. The van der Waals surface area contributed by atoms with Gasteiger partial charge in [-0.3, -0.25) is 19.4 Å². The minimum Gasteiger partial charge on any atom is -0.493 e. The summed E-state index contributed by atoms with van der Waals surface area (Å²) in [7, 11) is 9.33. The highest BCUT2D eigenvalue weighted by Crippen LogP contribution is 2.38. The summed E-state index contributed by atoms with van der Waals surface area (Å²) >= 11 is 0. The first-order valence-corrected chi connectivity index (χ1v) is 16.8. The second kappa shape index (κ2) is 19.8. The molecule has 2 aromatic rings. The Morgan fingerprint density at radius 3 is 1.18 bits per heavy atom. The molecule has 2 saturated heterocycles. The lowest BCUT2D eigenvalue weighted by Crippen LogP contribution is -2.50. The predicted molar refractivity (Wildman–Crippen MR) is 195 cm³/mol. The number of carbonyl (C=O) groups is 2. The number of rotatable bonds is 12. The second-order valence-corrected chi connectivity index (χ2v) is 11.7. The molecule has 0 bridgehead atoms. The van der Waals surface area contributed by atoms with Crippen molar-refractivity contribution in [2.75, 3.05) is 108 Å². The van der Waals surface area contributed by atoms with Crippen molar-refractivity contribution in [3.05, 3.63) is 59.7 Å². The van der Waals surface area contributed by atoms with Crippen molar-refractivity contribution in [1.29, 1.82) is 0 Å². The molecule has 2 fully saturated rings. The van der Waals surface area contributed by atoms with Crippen LogP contribution in [-0.2, 0) is 9.59 Å². The molecule has 2 heterocycles. The zero-order chi connectivity index (χ0) is 36.6. The Morgan fingerprint density at radius 1 is 0.549 bits per heavy atom. The first-order chi connectivity index (χ1) is 24.8. The predicted octanol–water partition coefficient (Wildman–Crippen LogP) is 2.93. The van der Waals surface area contributed by atoms with Gasteiger partial charge in [-0.2, -0.15) is 0 Å². The topological polar surface area (TPSA) is 102 Å². The maximum absolute atomic E-state index is 12.7. The van der Waals surface area contributed by atoms with Gasteiger partial charge in [0.15, 0.2) is 23.0 Å². The van der Waals surface area contributed by atoms with Crippen molar-refractivity contribution in [2.45, 2.75) is 6.42 Å². The molecular formula is C39H48N4O8. The molecule has 0 aliphatic carbocycles. The minimum absolute atomic E-state index is 0.0401. The second-order valence-electron chi connectivity index (χ2n) is 11.7. The van der Waals surface area contributed by atoms with E-state index in [1.165, 1.54) is 12.2 Å². The zero-order valence-electron chi connectivity index (χ0n) is 30.5. The molecule has 0 aromatic heterocycles. The molecular weight excluding hydrogens is 652 g/mol. The Kier molecular flexibility index (Phi) is 14.9. The van der Waals surface area contributed by atoms with Crippen LogP contribution in [0.5, 0.6) is 34.5 Å². The molecule has 12 nitrogen and oxygen atoms in total. The van der Waals surface area contributed by atoms with Crippen molar-refractivity contribution >= 4 is 11.8 Å². The monoisotopic (exact) mass is 700 g/mol. The van der Waals surface area contributed by atoms with E-state index in [0.29, 0.717) is 71.8 Å². The van der Waals surface area contributed by atoms with E-state index in [2.05, 4.69) is 33.5 Å². The highest BCUT2D eigenvalue weighted by Gasteiger charge is 2.22. The first-order valence-electron chi connectivity index (χ1n) is 16.8. The number of hydrogen-bond acceptors (Lipinski definition) is 10. The third-order valence-electron chi connectivity index (χ3n) is 8.70. The zero-order valence-corrected chi connectivity index (χ0v) is 30.5. The highest BCUT2D eigenvalue weighted by atomic mass is 16.5. The Balaban J connectivity index is 1.13. The third-order valence-corrected chi connectivity index (χ3v) is 8.70.